The van der Waals surface area contributed by atoms with Crippen molar-refractivity contribution < 1.29 is 0 Å². The van der Waals surface area contributed by atoms with Crippen LogP contribution < -0.4 is 10.6 Å². The van der Waals surface area contributed by atoms with Crippen LogP contribution in [0.15, 0.2) is 36.1 Å². The fraction of sp³-hybridized carbons (Fsp3) is 0.529. The number of nitrogens with zero attached hydrogens (tertiary/aromatic N) is 5. The van der Waals surface area contributed by atoms with E-state index in [1.165, 1.54) is 32.1 Å². The Morgan fingerprint density at radius 3 is 2.88 bits per heavy atom. The molecule has 4 aliphatic rings. The van der Waals surface area contributed by atoms with Crippen LogP contribution in [0, 0.1) is 11.8 Å². The smallest absolute Gasteiger partial charge is 0.197 e. The summed E-state index contributed by atoms with van der Waals surface area (Å²) in [4.78, 5) is 17.4. The predicted octanol–water partition coefficient (Wildman–Crippen LogP) is 1.98. The summed E-state index contributed by atoms with van der Waals surface area (Å²) in [5.74, 6) is 4.02. The molecule has 2 N–H and O–H groups in total. The SMILES string of the molecule is c1cn(-c2cc(NC3=NC[C@]4(CC5CCC4CC5)N3)ncn2)cn1. The van der Waals surface area contributed by atoms with Crippen LogP contribution in [0.4, 0.5) is 5.82 Å². The molecular weight excluding hydrogens is 302 g/mol. The van der Waals surface area contributed by atoms with Crippen LogP contribution in [-0.2, 0) is 0 Å². The summed E-state index contributed by atoms with van der Waals surface area (Å²) >= 11 is 0. The average Bonchev–Trinajstić information content (AvgIpc) is 3.27. The van der Waals surface area contributed by atoms with Gasteiger partial charge in [0, 0.05) is 18.5 Å². The molecule has 0 amide bonds. The van der Waals surface area contributed by atoms with E-state index in [1.807, 2.05) is 16.8 Å². The highest BCUT2D eigenvalue weighted by Gasteiger charge is 2.49. The van der Waals surface area contributed by atoms with Gasteiger partial charge in [0.25, 0.3) is 0 Å². The van der Waals surface area contributed by atoms with Crippen LogP contribution in [0.5, 0.6) is 0 Å². The molecule has 2 aromatic heterocycles. The van der Waals surface area contributed by atoms with Crippen LogP contribution in [0.3, 0.4) is 0 Å². The minimum Gasteiger partial charge on any atom is -0.348 e. The lowest BCUT2D eigenvalue weighted by molar-refractivity contribution is 0.0677. The third-order valence-electron chi connectivity index (χ3n) is 5.84. The van der Waals surface area contributed by atoms with E-state index in [0.29, 0.717) is 0 Å². The van der Waals surface area contributed by atoms with E-state index < -0.39 is 0 Å². The van der Waals surface area contributed by atoms with Crippen LogP contribution in [0.2, 0.25) is 0 Å². The van der Waals surface area contributed by atoms with Crippen LogP contribution in [0.25, 0.3) is 5.82 Å². The van der Waals surface area contributed by atoms with E-state index in [9.17, 15) is 0 Å². The number of aromatic nitrogens is 4. The summed E-state index contributed by atoms with van der Waals surface area (Å²) in [5, 5.41) is 7.03. The number of rotatable bonds is 2. The predicted molar refractivity (Wildman–Crippen MR) is 91.0 cm³/mol. The summed E-state index contributed by atoms with van der Waals surface area (Å²) in [6, 6.07) is 1.91. The molecule has 7 heteroatoms. The van der Waals surface area contributed by atoms with Gasteiger partial charge in [0.2, 0.25) is 0 Å². The second-order valence-corrected chi connectivity index (χ2v) is 7.22. The number of imidazole rings is 1. The molecule has 2 aromatic rings. The molecule has 3 fully saturated rings. The van der Waals surface area contributed by atoms with Crippen molar-refractivity contribution in [2.45, 2.75) is 37.6 Å². The number of aliphatic imine (C=N–C) groups is 1. The molecule has 3 aliphatic carbocycles. The molecule has 7 nitrogen and oxygen atoms in total. The normalized spacial score (nSPS) is 31.1. The molecule has 6 rings (SSSR count). The molecule has 0 saturated heterocycles. The standard InChI is InChI=1S/C17H21N7/c1-3-13-4-2-12(1)8-17(13)9-19-16(23-17)22-14-7-15(21-10-20-14)24-6-5-18-11-24/h5-7,10-13H,1-4,8-9H2,(H2,19,20,21,22,23)/t12?,13?,17-/m0/s1. The zero-order valence-corrected chi connectivity index (χ0v) is 13.5. The molecular formula is C17H21N7. The Morgan fingerprint density at radius 2 is 2.12 bits per heavy atom. The molecule has 1 atom stereocenters. The Bertz CT molecular complexity index is 761. The Morgan fingerprint density at radius 1 is 1.21 bits per heavy atom. The topological polar surface area (TPSA) is 80.0 Å². The lowest BCUT2D eigenvalue weighted by atomic mass is 9.60. The second kappa shape index (κ2) is 5.29. The summed E-state index contributed by atoms with van der Waals surface area (Å²) < 4.78 is 1.86. The molecule has 1 spiro atoms. The fourth-order valence-corrected chi connectivity index (χ4v) is 4.63. The molecule has 0 aromatic carbocycles. The molecule has 3 saturated carbocycles. The first-order chi connectivity index (χ1) is 11.8. The molecule has 124 valence electrons. The van der Waals surface area contributed by atoms with Gasteiger partial charge in [-0.1, -0.05) is 12.8 Å². The number of anilines is 1. The summed E-state index contributed by atoms with van der Waals surface area (Å²) in [6.07, 6.45) is 13.6. The Balaban J connectivity index is 1.32. The lowest BCUT2D eigenvalue weighted by Gasteiger charge is -2.49. The van der Waals surface area contributed by atoms with Gasteiger partial charge in [0.05, 0.1) is 12.1 Å². The molecule has 0 unspecified atom stereocenters. The molecule has 1 aliphatic heterocycles. The Hall–Kier alpha value is -2.44. The Kier molecular flexibility index (Phi) is 3.08. The van der Waals surface area contributed by atoms with E-state index >= 15 is 0 Å². The van der Waals surface area contributed by atoms with Crippen LogP contribution >= 0.6 is 0 Å². The van der Waals surface area contributed by atoms with Crippen LogP contribution in [0.1, 0.15) is 32.1 Å². The minimum atomic E-state index is 0.184. The number of nitrogens with one attached hydrogen (secondary N) is 2. The van der Waals surface area contributed by atoms with Gasteiger partial charge < -0.3 is 10.6 Å². The zero-order chi connectivity index (χ0) is 16.0. The van der Waals surface area contributed by atoms with Crippen molar-refractivity contribution in [2.24, 2.45) is 16.8 Å². The highest BCUT2D eigenvalue weighted by Crippen LogP contribution is 2.48. The van der Waals surface area contributed by atoms with E-state index in [-0.39, 0.29) is 5.54 Å². The van der Waals surface area contributed by atoms with Crippen molar-refractivity contribution in [3.05, 3.63) is 31.1 Å². The minimum absolute atomic E-state index is 0.184. The van der Waals surface area contributed by atoms with Gasteiger partial charge in [-0.2, -0.15) is 0 Å². The Labute approximate surface area is 140 Å². The van der Waals surface area contributed by atoms with Crippen molar-refractivity contribution in [3.8, 4) is 5.82 Å². The summed E-state index contributed by atoms with van der Waals surface area (Å²) in [6.45, 7) is 0.885. The summed E-state index contributed by atoms with van der Waals surface area (Å²) in [5.41, 5.74) is 0.184. The molecule has 0 radical (unpaired) electrons. The van der Waals surface area contributed by atoms with Gasteiger partial charge in [0.1, 0.15) is 24.3 Å². The number of hydrogen-bond acceptors (Lipinski definition) is 6. The van der Waals surface area contributed by atoms with Gasteiger partial charge in [-0.25, -0.2) is 15.0 Å². The van der Waals surface area contributed by atoms with Crippen molar-refractivity contribution in [1.82, 2.24) is 24.8 Å². The molecule has 2 bridgehead atoms. The van der Waals surface area contributed by atoms with Gasteiger partial charge in [-0.3, -0.25) is 9.56 Å². The lowest BCUT2D eigenvalue weighted by Crippen LogP contribution is -2.58. The number of hydrogen-bond donors (Lipinski definition) is 2. The average molecular weight is 323 g/mol. The first-order valence-corrected chi connectivity index (χ1v) is 8.71. The third kappa shape index (κ3) is 2.26. The summed E-state index contributed by atoms with van der Waals surface area (Å²) in [7, 11) is 0. The van der Waals surface area contributed by atoms with Crippen molar-refractivity contribution in [3.63, 3.8) is 0 Å². The second-order valence-electron chi connectivity index (χ2n) is 7.22. The van der Waals surface area contributed by atoms with Gasteiger partial charge in [0.15, 0.2) is 5.96 Å². The van der Waals surface area contributed by atoms with E-state index in [2.05, 4.69) is 25.6 Å². The van der Waals surface area contributed by atoms with E-state index in [1.54, 1.807) is 18.9 Å². The van der Waals surface area contributed by atoms with Crippen molar-refractivity contribution >= 4 is 11.8 Å². The fourth-order valence-electron chi connectivity index (χ4n) is 4.63. The van der Waals surface area contributed by atoms with Gasteiger partial charge in [-0.15, -0.1) is 0 Å². The third-order valence-corrected chi connectivity index (χ3v) is 5.84. The first-order valence-electron chi connectivity index (χ1n) is 8.71. The maximum absolute atomic E-state index is 4.73. The number of fused-ring (bicyclic) bond motifs is 2. The largest absolute Gasteiger partial charge is 0.348 e. The zero-order valence-electron chi connectivity index (χ0n) is 13.5. The van der Waals surface area contributed by atoms with Crippen LogP contribution in [-0.4, -0.2) is 37.6 Å². The van der Waals surface area contributed by atoms with E-state index in [4.69, 9.17) is 4.99 Å². The van der Waals surface area contributed by atoms with Crippen molar-refractivity contribution in [1.29, 1.82) is 0 Å². The highest BCUT2D eigenvalue weighted by atomic mass is 15.3. The molecule has 3 heterocycles. The quantitative estimate of drug-likeness (QED) is 0.883. The number of guanidine groups is 1. The first kappa shape index (κ1) is 13.9. The van der Waals surface area contributed by atoms with Gasteiger partial charge >= 0.3 is 0 Å². The monoisotopic (exact) mass is 323 g/mol. The maximum Gasteiger partial charge on any atom is 0.197 e. The molecule has 24 heavy (non-hydrogen) atoms. The highest BCUT2D eigenvalue weighted by molar-refractivity contribution is 5.94. The maximum atomic E-state index is 4.73. The van der Waals surface area contributed by atoms with E-state index in [0.717, 1.165) is 36.0 Å². The van der Waals surface area contributed by atoms with Gasteiger partial charge in [-0.05, 0) is 31.1 Å². The van der Waals surface area contributed by atoms with Crippen molar-refractivity contribution in [2.75, 3.05) is 11.9 Å².